The van der Waals surface area contributed by atoms with Crippen LogP contribution in [-0.4, -0.2) is 5.91 Å². The van der Waals surface area contributed by atoms with E-state index in [1.165, 1.54) is 11.1 Å². The van der Waals surface area contributed by atoms with Crippen LogP contribution in [0.4, 0.5) is 5.69 Å². The van der Waals surface area contributed by atoms with Crippen molar-refractivity contribution in [3.63, 3.8) is 0 Å². The van der Waals surface area contributed by atoms with Crippen LogP contribution >= 0.6 is 0 Å². The Balaban J connectivity index is 1.81. The maximum absolute atomic E-state index is 12.4. The molecular formula is C20H21NO2. The molecule has 0 radical (unpaired) electrons. The second kappa shape index (κ2) is 6.29. The lowest BCUT2D eigenvalue weighted by molar-refractivity contribution is -0.115. The zero-order chi connectivity index (χ0) is 16.4. The molecule has 3 aromatic rings. The first kappa shape index (κ1) is 15.3. The van der Waals surface area contributed by atoms with Gasteiger partial charge in [0.15, 0.2) is 0 Å². The molecule has 2 aromatic carbocycles. The number of furan rings is 1. The van der Waals surface area contributed by atoms with Crippen molar-refractivity contribution in [1.29, 1.82) is 0 Å². The van der Waals surface area contributed by atoms with E-state index in [2.05, 4.69) is 24.4 Å². The van der Waals surface area contributed by atoms with Gasteiger partial charge in [-0.25, -0.2) is 0 Å². The summed E-state index contributed by atoms with van der Waals surface area (Å²) in [5, 5.41) is 4.03. The number of benzene rings is 2. The monoisotopic (exact) mass is 307 g/mol. The third kappa shape index (κ3) is 3.14. The van der Waals surface area contributed by atoms with Gasteiger partial charge < -0.3 is 9.73 Å². The molecular weight excluding hydrogens is 286 g/mol. The quantitative estimate of drug-likeness (QED) is 0.752. The average molecular weight is 307 g/mol. The lowest BCUT2D eigenvalue weighted by Gasteiger charge is -2.10. The molecule has 1 amide bonds. The number of amides is 1. The minimum Gasteiger partial charge on any atom is -0.464 e. The van der Waals surface area contributed by atoms with Crippen LogP contribution < -0.4 is 5.32 Å². The van der Waals surface area contributed by atoms with Crippen molar-refractivity contribution in [3.8, 4) is 0 Å². The predicted molar refractivity (Wildman–Crippen MR) is 93.8 cm³/mol. The highest BCUT2D eigenvalue weighted by Crippen LogP contribution is 2.24. The number of hydrogen-bond donors (Lipinski definition) is 1. The SMILES string of the molecule is CCc1ccc2occ(CC(=O)Nc3cccc(C)c3C)c2c1. The maximum Gasteiger partial charge on any atom is 0.228 e. The molecule has 3 rings (SSSR count). The topological polar surface area (TPSA) is 42.2 Å². The standard InChI is InChI=1S/C20H21NO2/c1-4-15-8-9-19-17(10-15)16(12-23-19)11-20(22)21-18-7-5-6-13(2)14(18)3/h5-10,12H,4,11H2,1-3H3,(H,21,22). The van der Waals surface area contributed by atoms with Gasteiger partial charge in [-0.3, -0.25) is 4.79 Å². The molecule has 0 spiro atoms. The number of rotatable bonds is 4. The Morgan fingerprint density at radius 2 is 2.00 bits per heavy atom. The van der Waals surface area contributed by atoms with Gasteiger partial charge in [0, 0.05) is 16.6 Å². The molecule has 0 aliphatic heterocycles. The van der Waals surface area contributed by atoms with Crippen LogP contribution in [0.15, 0.2) is 47.1 Å². The van der Waals surface area contributed by atoms with Crippen molar-refractivity contribution in [1.82, 2.24) is 0 Å². The molecule has 1 aromatic heterocycles. The summed E-state index contributed by atoms with van der Waals surface area (Å²) in [7, 11) is 0. The molecule has 0 aliphatic carbocycles. The highest BCUT2D eigenvalue weighted by atomic mass is 16.3. The Morgan fingerprint density at radius 3 is 2.78 bits per heavy atom. The molecule has 0 fully saturated rings. The maximum atomic E-state index is 12.4. The molecule has 3 heteroatoms. The lowest BCUT2D eigenvalue weighted by atomic mass is 10.1. The van der Waals surface area contributed by atoms with E-state index < -0.39 is 0 Å². The first-order chi connectivity index (χ1) is 11.1. The van der Waals surface area contributed by atoms with Crippen LogP contribution in [0.5, 0.6) is 0 Å². The molecule has 0 saturated heterocycles. The van der Waals surface area contributed by atoms with Gasteiger partial charge in [-0.1, -0.05) is 25.1 Å². The molecule has 0 atom stereocenters. The van der Waals surface area contributed by atoms with Gasteiger partial charge in [-0.05, 0) is 55.2 Å². The second-order valence-corrected chi connectivity index (χ2v) is 5.92. The van der Waals surface area contributed by atoms with Crippen LogP contribution in [0.3, 0.4) is 0 Å². The Labute approximate surface area is 136 Å². The zero-order valence-electron chi connectivity index (χ0n) is 13.8. The molecule has 0 aliphatic rings. The van der Waals surface area contributed by atoms with Gasteiger partial charge in [-0.2, -0.15) is 0 Å². The number of anilines is 1. The largest absolute Gasteiger partial charge is 0.464 e. The average Bonchev–Trinajstić information content (AvgIpc) is 2.94. The molecule has 0 saturated carbocycles. The van der Waals surface area contributed by atoms with Crippen LogP contribution in [0.2, 0.25) is 0 Å². The van der Waals surface area contributed by atoms with Gasteiger partial charge in [0.25, 0.3) is 0 Å². The smallest absolute Gasteiger partial charge is 0.228 e. The summed E-state index contributed by atoms with van der Waals surface area (Å²) in [6.07, 6.45) is 2.97. The number of nitrogens with one attached hydrogen (secondary N) is 1. The summed E-state index contributed by atoms with van der Waals surface area (Å²) in [5.74, 6) is -0.0247. The molecule has 0 bridgehead atoms. The fraction of sp³-hybridized carbons (Fsp3) is 0.250. The minimum atomic E-state index is -0.0247. The summed E-state index contributed by atoms with van der Waals surface area (Å²) in [4.78, 5) is 12.4. The van der Waals surface area contributed by atoms with E-state index in [1.807, 2.05) is 38.1 Å². The highest BCUT2D eigenvalue weighted by molar-refractivity contribution is 5.96. The number of fused-ring (bicyclic) bond motifs is 1. The van der Waals surface area contributed by atoms with E-state index in [-0.39, 0.29) is 5.91 Å². The Morgan fingerprint density at radius 1 is 1.17 bits per heavy atom. The van der Waals surface area contributed by atoms with Crippen LogP contribution in [0.1, 0.15) is 29.2 Å². The van der Waals surface area contributed by atoms with Crippen molar-refractivity contribution >= 4 is 22.6 Å². The summed E-state index contributed by atoms with van der Waals surface area (Å²) in [6.45, 7) is 6.18. The molecule has 1 N–H and O–H groups in total. The molecule has 23 heavy (non-hydrogen) atoms. The second-order valence-electron chi connectivity index (χ2n) is 5.92. The van der Waals surface area contributed by atoms with E-state index in [0.717, 1.165) is 34.2 Å². The number of aryl methyl sites for hydroxylation is 2. The van der Waals surface area contributed by atoms with Crippen LogP contribution in [0.25, 0.3) is 11.0 Å². The molecule has 1 heterocycles. The van der Waals surface area contributed by atoms with Gasteiger partial charge in [0.1, 0.15) is 5.58 Å². The van der Waals surface area contributed by atoms with E-state index in [9.17, 15) is 4.79 Å². The summed E-state index contributed by atoms with van der Waals surface area (Å²) in [6, 6.07) is 12.1. The summed E-state index contributed by atoms with van der Waals surface area (Å²) >= 11 is 0. The van der Waals surface area contributed by atoms with Crippen molar-refractivity contribution < 1.29 is 9.21 Å². The van der Waals surface area contributed by atoms with Gasteiger partial charge in [0.05, 0.1) is 12.7 Å². The Kier molecular flexibility index (Phi) is 4.20. The summed E-state index contributed by atoms with van der Waals surface area (Å²) in [5.41, 5.74) is 6.15. The van der Waals surface area contributed by atoms with Gasteiger partial charge >= 0.3 is 0 Å². The molecule has 118 valence electrons. The van der Waals surface area contributed by atoms with Crippen LogP contribution in [-0.2, 0) is 17.6 Å². The van der Waals surface area contributed by atoms with Crippen LogP contribution in [0, 0.1) is 13.8 Å². The number of carbonyl (C=O) groups excluding carboxylic acids is 1. The minimum absolute atomic E-state index is 0.0247. The van der Waals surface area contributed by atoms with E-state index in [4.69, 9.17) is 4.42 Å². The normalized spacial score (nSPS) is 10.9. The highest BCUT2D eigenvalue weighted by Gasteiger charge is 2.12. The summed E-state index contributed by atoms with van der Waals surface area (Å²) < 4.78 is 5.56. The van der Waals surface area contributed by atoms with E-state index in [1.54, 1.807) is 6.26 Å². The Hall–Kier alpha value is -2.55. The third-order valence-corrected chi connectivity index (χ3v) is 4.36. The van der Waals surface area contributed by atoms with Gasteiger partial charge in [0.2, 0.25) is 5.91 Å². The molecule has 3 nitrogen and oxygen atoms in total. The predicted octanol–water partition coefficient (Wildman–Crippen LogP) is 4.79. The van der Waals surface area contributed by atoms with Crippen molar-refractivity contribution in [2.75, 3.05) is 5.32 Å². The van der Waals surface area contributed by atoms with Crippen molar-refractivity contribution in [2.24, 2.45) is 0 Å². The van der Waals surface area contributed by atoms with Crippen molar-refractivity contribution in [2.45, 2.75) is 33.6 Å². The van der Waals surface area contributed by atoms with Crippen molar-refractivity contribution in [3.05, 3.63) is 64.9 Å². The number of carbonyl (C=O) groups is 1. The first-order valence-corrected chi connectivity index (χ1v) is 7.93. The lowest BCUT2D eigenvalue weighted by Crippen LogP contribution is -2.15. The van der Waals surface area contributed by atoms with Gasteiger partial charge in [-0.15, -0.1) is 0 Å². The Bertz CT molecular complexity index is 861. The molecule has 0 unspecified atom stereocenters. The van der Waals surface area contributed by atoms with E-state index >= 15 is 0 Å². The third-order valence-electron chi connectivity index (χ3n) is 4.36. The first-order valence-electron chi connectivity index (χ1n) is 7.93. The fourth-order valence-electron chi connectivity index (χ4n) is 2.74. The zero-order valence-corrected chi connectivity index (χ0v) is 13.8. The fourth-order valence-corrected chi connectivity index (χ4v) is 2.74. The van der Waals surface area contributed by atoms with E-state index in [0.29, 0.717) is 6.42 Å². The number of hydrogen-bond acceptors (Lipinski definition) is 2.